The smallest absolute Gasteiger partial charge is 0.313 e. The summed E-state index contributed by atoms with van der Waals surface area (Å²) in [7, 11) is 0. The van der Waals surface area contributed by atoms with E-state index in [4.69, 9.17) is 10.7 Å². The number of thiazole rings is 1. The number of nitrogen functional groups attached to an aromatic ring is 1. The first-order valence-corrected chi connectivity index (χ1v) is 13.6. The molecule has 0 aliphatic carbocycles. The molecule has 0 unspecified atom stereocenters. The van der Waals surface area contributed by atoms with E-state index in [0.717, 1.165) is 58.8 Å². The van der Waals surface area contributed by atoms with Crippen LogP contribution in [0.1, 0.15) is 62.7 Å². The first kappa shape index (κ1) is 26.0. The maximum Gasteiger partial charge on any atom is 0.313 e. The number of likely N-dealkylation sites (tertiary alicyclic amines) is 1. The van der Waals surface area contributed by atoms with Gasteiger partial charge in [0.2, 0.25) is 0 Å². The first-order valence-electron chi connectivity index (χ1n) is 12.8. The SMILES string of the molecule is CCc1cc(NC(=O)C(=O)N2C[C@@H](C)CC[C@@H]2c2ccc3sc(CN(CC)CC)nc3c2)cnc1N. The molecule has 0 radical (unpaired) electrons. The van der Waals surface area contributed by atoms with Crippen LogP contribution >= 0.6 is 11.3 Å². The average molecular weight is 509 g/mol. The minimum Gasteiger partial charge on any atom is -0.383 e. The van der Waals surface area contributed by atoms with E-state index >= 15 is 0 Å². The van der Waals surface area contributed by atoms with Crippen LogP contribution in [0.15, 0.2) is 30.5 Å². The van der Waals surface area contributed by atoms with Crippen LogP contribution in [0, 0.1) is 5.92 Å². The molecule has 1 aromatic carbocycles. The summed E-state index contributed by atoms with van der Waals surface area (Å²) < 4.78 is 1.14. The lowest BCUT2D eigenvalue weighted by molar-refractivity contribution is -0.146. The summed E-state index contributed by atoms with van der Waals surface area (Å²) >= 11 is 1.72. The fourth-order valence-electron chi connectivity index (χ4n) is 4.82. The van der Waals surface area contributed by atoms with Crippen molar-refractivity contribution in [2.75, 3.05) is 30.7 Å². The van der Waals surface area contributed by atoms with Gasteiger partial charge in [-0.3, -0.25) is 14.5 Å². The molecule has 4 rings (SSSR count). The largest absolute Gasteiger partial charge is 0.383 e. The lowest BCUT2D eigenvalue weighted by Gasteiger charge is -2.38. The van der Waals surface area contributed by atoms with E-state index in [9.17, 15) is 9.59 Å². The maximum atomic E-state index is 13.4. The number of hydrogen-bond donors (Lipinski definition) is 2. The second-order valence-corrected chi connectivity index (χ2v) is 10.6. The van der Waals surface area contributed by atoms with E-state index in [-0.39, 0.29) is 6.04 Å². The molecule has 9 heteroatoms. The zero-order valence-electron chi connectivity index (χ0n) is 21.6. The van der Waals surface area contributed by atoms with Gasteiger partial charge in [0.15, 0.2) is 0 Å². The van der Waals surface area contributed by atoms with Gasteiger partial charge in [0.25, 0.3) is 0 Å². The Bertz CT molecular complexity index is 1240. The first-order chi connectivity index (χ1) is 17.3. The van der Waals surface area contributed by atoms with Gasteiger partial charge in [-0.25, -0.2) is 9.97 Å². The van der Waals surface area contributed by atoms with Crippen LogP contribution in [0.3, 0.4) is 0 Å². The van der Waals surface area contributed by atoms with Crippen molar-refractivity contribution < 1.29 is 9.59 Å². The van der Waals surface area contributed by atoms with Crippen molar-refractivity contribution in [2.24, 2.45) is 5.92 Å². The molecule has 3 heterocycles. The van der Waals surface area contributed by atoms with E-state index in [0.29, 0.717) is 30.4 Å². The zero-order valence-corrected chi connectivity index (χ0v) is 22.4. The van der Waals surface area contributed by atoms with Crippen molar-refractivity contribution in [3.63, 3.8) is 0 Å². The number of amides is 2. The Morgan fingerprint density at radius 2 is 1.97 bits per heavy atom. The van der Waals surface area contributed by atoms with Crippen molar-refractivity contribution >= 4 is 44.9 Å². The molecule has 3 aromatic rings. The number of nitrogens with one attached hydrogen (secondary N) is 1. The van der Waals surface area contributed by atoms with Gasteiger partial charge in [-0.1, -0.05) is 33.8 Å². The Morgan fingerprint density at radius 1 is 1.19 bits per heavy atom. The summed E-state index contributed by atoms with van der Waals surface area (Å²) in [6.45, 7) is 11.8. The van der Waals surface area contributed by atoms with Crippen molar-refractivity contribution in [3.8, 4) is 0 Å². The topological polar surface area (TPSA) is 104 Å². The number of pyridine rings is 1. The van der Waals surface area contributed by atoms with Crippen molar-refractivity contribution in [2.45, 2.75) is 59.5 Å². The Labute approximate surface area is 216 Å². The van der Waals surface area contributed by atoms with Gasteiger partial charge >= 0.3 is 11.8 Å². The highest BCUT2D eigenvalue weighted by molar-refractivity contribution is 7.18. The molecule has 1 aliphatic rings. The molecule has 8 nitrogen and oxygen atoms in total. The standard InChI is InChI=1S/C27H36N6O2S/c1-5-18-12-20(14-29-25(18)28)30-26(34)27(35)33-15-17(4)8-10-22(33)19-9-11-23-21(13-19)31-24(36-23)16-32(6-2)7-3/h9,11-14,17,22H,5-8,10,15-16H2,1-4H3,(H2,28,29)(H,30,34)/t17-,22+/m0/s1. The number of aryl methyl sites for hydroxylation is 1. The number of aromatic nitrogens is 2. The average Bonchev–Trinajstić information content (AvgIpc) is 3.29. The Morgan fingerprint density at radius 3 is 2.69 bits per heavy atom. The van der Waals surface area contributed by atoms with Crippen molar-refractivity contribution in [3.05, 3.63) is 46.6 Å². The lowest BCUT2D eigenvalue weighted by Crippen LogP contribution is -2.46. The van der Waals surface area contributed by atoms with E-state index < -0.39 is 11.8 Å². The second-order valence-electron chi connectivity index (χ2n) is 9.53. The number of carbonyl (C=O) groups is 2. The number of rotatable bonds is 7. The van der Waals surface area contributed by atoms with Gasteiger partial charge in [-0.15, -0.1) is 11.3 Å². The molecule has 0 spiro atoms. The Kier molecular flexibility index (Phi) is 8.21. The van der Waals surface area contributed by atoms with Crippen LogP contribution < -0.4 is 11.1 Å². The van der Waals surface area contributed by atoms with E-state index in [2.05, 4.69) is 54.2 Å². The van der Waals surface area contributed by atoms with Crippen molar-refractivity contribution in [1.29, 1.82) is 0 Å². The van der Waals surface area contributed by atoms with Gasteiger partial charge in [0.1, 0.15) is 10.8 Å². The molecular weight excluding hydrogens is 472 g/mol. The monoisotopic (exact) mass is 508 g/mol. The van der Waals surface area contributed by atoms with Crippen LogP contribution in [0.25, 0.3) is 10.2 Å². The normalized spacial score (nSPS) is 18.1. The summed E-state index contributed by atoms with van der Waals surface area (Å²) in [6, 6.07) is 7.88. The molecule has 0 bridgehead atoms. The summed E-state index contributed by atoms with van der Waals surface area (Å²) in [5.41, 5.74) is 9.17. The van der Waals surface area contributed by atoms with Gasteiger partial charge in [-0.2, -0.15) is 0 Å². The molecule has 36 heavy (non-hydrogen) atoms. The van der Waals surface area contributed by atoms with Gasteiger partial charge in [-0.05, 0) is 67.6 Å². The highest BCUT2D eigenvalue weighted by atomic mass is 32.1. The number of hydrogen-bond acceptors (Lipinski definition) is 7. The van der Waals surface area contributed by atoms with Gasteiger partial charge in [0.05, 0.1) is 34.7 Å². The molecule has 1 saturated heterocycles. The van der Waals surface area contributed by atoms with Crippen LogP contribution in [-0.2, 0) is 22.6 Å². The fourth-order valence-corrected chi connectivity index (χ4v) is 5.81. The number of fused-ring (bicyclic) bond motifs is 1. The summed E-state index contributed by atoms with van der Waals surface area (Å²) in [4.78, 5) is 39.4. The van der Waals surface area contributed by atoms with E-state index in [1.54, 1.807) is 22.3 Å². The fraction of sp³-hybridized carbons (Fsp3) is 0.481. The quantitative estimate of drug-likeness (QED) is 0.452. The molecule has 3 N–H and O–H groups in total. The summed E-state index contributed by atoms with van der Waals surface area (Å²) in [5.74, 6) is -0.419. The van der Waals surface area contributed by atoms with Crippen LogP contribution in [0.4, 0.5) is 11.5 Å². The zero-order chi connectivity index (χ0) is 25.8. The predicted octanol–water partition coefficient (Wildman–Crippen LogP) is 4.62. The Balaban J connectivity index is 1.55. The number of anilines is 2. The molecule has 2 aromatic heterocycles. The molecule has 192 valence electrons. The maximum absolute atomic E-state index is 13.4. The van der Waals surface area contributed by atoms with Crippen LogP contribution in [0.2, 0.25) is 0 Å². The minimum absolute atomic E-state index is 0.160. The van der Waals surface area contributed by atoms with Gasteiger partial charge < -0.3 is 16.0 Å². The molecule has 1 fully saturated rings. The Hall–Kier alpha value is -3.04. The number of nitrogens with zero attached hydrogens (tertiary/aromatic N) is 4. The molecule has 1 aliphatic heterocycles. The van der Waals surface area contributed by atoms with E-state index in [1.807, 2.05) is 6.92 Å². The second kappa shape index (κ2) is 11.3. The third-order valence-electron chi connectivity index (χ3n) is 7.01. The molecule has 0 saturated carbocycles. The third-order valence-corrected chi connectivity index (χ3v) is 8.03. The van der Waals surface area contributed by atoms with Crippen LogP contribution in [0.5, 0.6) is 0 Å². The van der Waals surface area contributed by atoms with Crippen molar-refractivity contribution in [1.82, 2.24) is 19.8 Å². The van der Waals surface area contributed by atoms with Gasteiger partial charge in [0, 0.05) is 6.54 Å². The molecule has 2 amide bonds. The number of piperidine rings is 1. The number of nitrogens with two attached hydrogens (primary N) is 1. The third kappa shape index (κ3) is 5.68. The summed E-state index contributed by atoms with van der Waals surface area (Å²) in [5, 5.41) is 3.82. The molecule has 2 atom stereocenters. The predicted molar refractivity (Wildman–Crippen MR) is 146 cm³/mol. The number of benzene rings is 1. The highest BCUT2D eigenvalue weighted by Crippen LogP contribution is 2.35. The van der Waals surface area contributed by atoms with E-state index in [1.165, 1.54) is 6.20 Å². The summed E-state index contributed by atoms with van der Waals surface area (Å²) in [6.07, 6.45) is 3.99. The van der Waals surface area contributed by atoms with Crippen LogP contribution in [-0.4, -0.2) is 51.2 Å². The molecular formula is C27H36N6O2S. The number of carbonyl (C=O) groups excluding carboxylic acids is 2. The highest BCUT2D eigenvalue weighted by Gasteiger charge is 2.34. The lowest BCUT2D eigenvalue weighted by atomic mass is 9.89. The minimum atomic E-state index is -0.654.